The summed E-state index contributed by atoms with van der Waals surface area (Å²) in [6, 6.07) is 6.19. The Labute approximate surface area is 107 Å². The highest BCUT2D eigenvalue weighted by molar-refractivity contribution is 5.93. The zero-order valence-electron chi connectivity index (χ0n) is 10.4. The first-order chi connectivity index (χ1) is 8.70. The average Bonchev–Trinajstić information content (AvgIpc) is 3.13. The molecule has 18 heavy (non-hydrogen) atoms. The van der Waals surface area contributed by atoms with Crippen molar-refractivity contribution >= 4 is 11.6 Å². The first-order valence-corrected chi connectivity index (χ1v) is 6.46. The van der Waals surface area contributed by atoms with Crippen molar-refractivity contribution in [3.63, 3.8) is 0 Å². The second-order valence-corrected chi connectivity index (χ2v) is 4.81. The van der Waals surface area contributed by atoms with Gasteiger partial charge >= 0.3 is 0 Å². The molecule has 0 spiro atoms. The molecular formula is C14H19FN2O. The van der Waals surface area contributed by atoms with Gasteiger partial charge in [0.1, 0.15) is 5.82 Å². The fourth-order valence-electron chi connectivity index (χ4n) is 1.97. The lowest BCUT2D eigenvalue weighted by atomic mass is 10.2. The fraction of sp³-hybridized carbons (Fsp3) is 0.500. The number of benzene rings is 1. The van der Waals surface area contributed by atoms with Crippen LogP contribution in [-0.4, -0.2) is 19.0 Å². The second-order valence-electron chi connectivity index (χ2n) is 4.81. The molecule has 1 aliphatic rings. The van der Waals surface area contributed by atoms with Crippen LogP contribution in [0.4, 0.5) is 10.1 Å². The van der Waals surface area contributed by atoms with Crippen molar-refractivity contribution in [1.29, 1.82) is 0 Å². The summed E-state index contributed by atoms with van der Waals surface area (Å²) in [6.07, 6.45) is 3.58. The van der Waals surface area contributed by atoms with Crippen LogP contribution >= 0.6 is 0 Å². The number of carbonyl (C=O) groups excluding carboxylic acids is 1. The van der Waals surface area contributed by atoms with Crippen molar-refractivity contribution in [2.75, 3.05) is 18.0 Å². The third-order valence-electron chi connectivity index (χ3n) is 3.17. The molecule has 1 saturated carbocycles. The SMILES string of the molecule is NCCCN(C(=O)CC1CC1)c1cccc(F)c1. The van der Waals surface area contributed by atoms with Gasteiger partial charge in [-0.25, -0.2) is 4.39 Å². The maximum atomic E-state index is 13.2. The van der Waals surface area contributed by atoms with Gasteiger partial charge < -0.3 is 10.6 Å². The van der Waals surface area contributed by atoms with Gasteiger partial charge in [-0.1, -0.05) is 6.07 Å². The van der Waals surface area contributed by atoms with E-state index in [9.17, 15) is 9.18 Å². The van der Waals surface area contributed by atoms with Gasteiger partial charge in [0, 0.05) is 18.7 Å². The Morgan fingerprint density at radius 2 is 2.22 bits per heavy atom. The minimum Gasteiger partial charge on any atom is -0.330 e. The standard InChI is InChI=1S/C14H19FN2O/c15-12-3-1-4-13(10-12)17(8-2-7-16)14(18)9-11-5-6-11/h1,3-4,10-11H,2,5-9,16H2. The first-order valence-electron chi connectivity index (χ1n) is 6.46. The summed E-state index contributed by atoms with van der Waals surface area (Å²) in [4.78, 5) is 13.8. The zero-order valence-corrected chi connectivity index (χ0v) is 10.4. The number of halogens is 1. The van der Waals surface area contributed by atoms with Crippen molar-refractivity contribution in [3.8, 4) is 0 Å². The quantitative estimate of drug-likeness (QED) is 0.842. The molecule has 1 aliphatic carbocycles. The minimum atomic E-state index is -0.315. The van der Waals surface area contributed by atoms with Crippen molar-refractivity contribution in [2.45, 2.75) is 25.7 Å². The largest absolute Gasteiger partial charge is 0.330 e. The second kappa shape index (κ2) is 5.96. The van der Waals surface area contributed by atoms with Crippen LogP contribution in [0.15, 0.2) is 24.3 Å². The number of hydrogen-bond donors (Lipinski definition) is 1. The van der Waals surface area contributed by atoms with Gasteiger partial charge in [-0.05, 0) is 49.9 Å². The molecule has 0 atom stereocenters. The van der Waals surface area contributed by atoms with Gasteiger partial charge in [-0.15, -0.1) is 0 Å². The maximum absolute atomic E-state index is 13.2. The van der Waals surface area contributed by atoms with E-state index in [1.165, 1.54) is 12.1 Å². The lowest BCUT2D eigenvalue weighted by Gasteiger charge is -2.22. The van der Waals surface area contributed by atoms with Crippen LogP contribution in [0.3, 0.4) is 0 Å². The van der Waals surface area contributed by atoms with Gasteiger partial charge in [-0.3, -0.25) is 4.79 Å². The summed E-state index contributed by atoms with van der Waals surface area (Å²) < 4.78 is 13.2. The molecule has 1 fully saturated rings. The number of rotatable bonds is 6. The van der Waals surface area contributed by atoms with E-state index in [-0.39, 0.29) is 11.7 Å². The first kappa shape index (κ1) is 13.0. The van der Waals surface area contributed by atoms with Gasteiger partial charge in [0.25, 0.3) is 0 Å². The third kappa shape index (κ3) is 3.53. The van der Waals surface area contributed by atoms with Crippen LogP contribution in [0.2, 0.25) is 0 Å². The molecule has 98 valence electrons. The van der Waals surface area contributed by atoms with Crippen molar-refractivity contribution in [3.05, 3.63) is 30.1 Å². The molecule has 1 aromatic carbocycles. The molecule has 2 N–H and O–H groups in total. The normalized spacial score (nSPS) is 14.6. The van der Waals surface area contributed by atoms with E-state index >= 15 is 0 Å². The smallest absolute Gasteiger partial charge is 0.227 e. The molecular weight excluding hydrogens is 231 g/mol. The van der Waals surface area contributed by atoms with E-state index in [1.807, 2.05) is 0 Å². The summed E-state index contributed by atoms with van der Waals surface area (Å²) >= 11 is 0. The Morgan fingerprint density at radius 1 is 1.44 bits per heavy atom. The Bertz CT molecular complexity index is 418. The number of nitrogens with two attached hydrogens (primary N) is 1. The lowest BCUT2D eigenvalue weighted by molar-refractivity contribution is -0.118. The highest BCUT2D eigenvalue weighted by Crippen LogP contribution is 2.33. The Kier molecular flexibility index (Phi) is 4.31. The van der Waals surface area contributed by atoms with Crippen LogP contribution in [0.25, 0.3) is 0 Å². The molecule has 0 aromatic heterocycles. The minimum absolute atomic E-state index is 0.0801. The van der Waals surface area contributed by atoms with Crippen molar-refractivity contribution in [1.82, 2.24) is 0 Å². The molecule has 1 amide bonds. The molecule has 0 unspecified atom stereocenters. The van der Waals surface area contributed by atoms with Gasteiger partial charge in [0.2, 0.25) is 5.91 Å². The van der Waals surface area contributed by atoms with Crippen LogP contribution < -0.4 is 10.6 Å². The number of anilines is 1. The molecule has 0 aliphatic heterocycles. The molecule has 1 aromatic rings. The number of hydrogen-bond acceptors (Lipinski definition) is 2. The highest BCUT2D eigenvalue weighted by atomic mass is 19.1. The molecule has 4 heteroatoms. The predicted molar refractivity (Wildman–Crippen MR) is 69.8 cm³/mol. The summed E-state index contributed by atoms with van der Waals surface area (Å²) in [5.74, 6) is 0.299. The lowest BCUT2D eigenvalue weighted by Crippen LogP contribution is -2.33. The molecule has 0 bridgehead atoms. The van der Waals surface area contributed by atoms with E-state index in [1.54, 1.807) is 17.0 Å². The average molecular weight is 250 g/mol. The van der Waals surface area contributed by atoms with E-state index in [0.717, 1.165) is 19.3 Å². The van der Waals surface area contributed by atoms with Gasteiger partial charge in [0.15, 0.2) is 0 Å². The summed E-state index contributed by atoms with van der Waals surface area (Å²) in [7, 11) is 0. The van der Waals surface area contributed by atoms with E-state index in [2.05, 4.69) is 0 Å². The molecule has 0 heterocycles. The van der Waals surface area contributed by atoms with E-state index < -0.39 is 0 Å². The molecule has 2 rings (SSSR count). The van der Waals surface area contributed by atoms with E-state index in [0.29, 0.717) is 31.1 Å². The molecule has 0 saturated heterocycles. The molecule has 3 nitrogen and oxygen atoms in total. The Hall–Kier alpha value is -1.42. The third-order valence-corrected chi connectivity index (χ3v) is 3.17. The van der Waals surface area contributed by atoms with Crippen LogP contribution in [0.5, 0.6) is 0 Å². The predicted octanol–water partition coefficient (Wildman–Crippen LogP) is 2.31. The Morgan fingerprint density at radius 3 is 2.83 bits per heavy atom. The number of nitrogens with zero attached hydrogens (tertiary/aromatic N) is 1. The fourth-order valence-corrected chi connectivity index (χ4v) is 1.97. The van der Waals surface area contributed by atoms with Crippen molar-refractivity contribution < 1.29 is 9.18 Å². The van der Waals surface area contributed by atoms with Crippen LogP contribution in [-0.2, 0) is 4.79 Å². The monoisotopic (exact) mass is 250 g/mol. The van der Waals surface area contributed by atoms with Gasteiger partial charge in [0.05, 0.1) is 0 Å². The Balaban J connectivity index is 2.09. The molecule has 0 radical (unpaired) electrons. The van der Waals surface area contributed by atoms with Crippen LogP contribution in [0.1, 0.15) is 25.7 Å². The van der Waals surface area contributed by atoms with E-state index in [4.69, 9.17) is 5.73 Å². The number of amides is 1. The zero-order chi connectivity index (χ0) is 13.0. The highest BCUT2D eigenvalue weighted by Gasteiger charge is 2.27. The topological polar surface area (TPSA) is 46.3 Å². The van der Waals surface area contributed by atoms with Gasteiger partial charge in [-0.2, -0.15) is 0 Å². The number of carbonyl (C=O) groups is 1. The van der Waals surface area contributed by atoms with Crippen LogP contribution in [0, 0.1) is 11.7 Å². The maximum Gasteiger partial charge on any atom is 0.227 e. The summed E-state index contributed by atoms with van der Waals surface area (Å²) in [5.41, 5.74) is 6.12. The summed E-state index contributed by atoms with van der Waals surface area (Å²) in [5, 5.41) is 0. The summed E-state index contributed by atoms with van der Waals surface area (Å²) in [6.45, 7) is 1.09. The van der Waals surface area contributed by atoms with Crippen molar-refractivity contribution in [2.24, 2.45) is 11.7 Å².